The van der Waals surface area contributed by atoms with Crippen LogP contribution in [0.4, 0.5) is 0 Å². The third-order valence-electron chi connectivity index (χ3n) is 5.90. The number of hydrogen-bond acceptors (Lipinski definition) is 1. The molecule has 4 saturated carbocycles. The van der Waals surface area contributed by atoms with E-state index >= 15 is 0 Å². The molecule has 5 rings (SSSR count). The van der Waals surface area contributed by atoms with Crippen molar-refractivity contribution in [2.45, 2.75) is 43.9 Å². The van der Waals surface area contributed by atoms with Gasteiger partial charge in [-0.25, -0.2) is 0 Å². The normalized spacial score (nSPS) is 43.4. The second-order valence-electron chi connectivity index (χ2n) is 7.19. The Morgan fingerprint density at radius 2 is 1.68 bits per heavy atom. The first-order chi connectivity index (χ1) is 9.12. The smallest absolute Gasteiger partial charge is 0.309 e. The first kappa shape index (κ1) is 11.5. The number of hydrogen-bond donors (Lipinski definition) is 1. The van der Waals surface area contributed by atoms with Crippen LogP contribution in [-0.4, -0.2) is 11.1 Å². The van der Waals surface area contributed by atoms with Crippen LogP contribution >= 0.6 is 0 Å². The van der Waals surface area contributed by atoms with Gasteiger partial charge in [0, 0.05) is 0 Å². The maximum Gasteiger partial charge on any atom is 0.309 e. The SMILES string of the molecule is O=C(O)C12C[C@@H]3C[C@@H](C1)CC(c1ccccc1)(C3)C2. The maximum atomic E-state index is 11.8. The lowest BCUT2D eigenvalue weighted by Gasteiger charge is -2.60. The van der Waals surface area contributed by atoms with Gasteiger partial charge in [0.15, 0.2) is 0 Å². The zero-order valence-corrected chi connectivity index (χ0v) is 11.1. The molecule has 1 aromatic rings. The van der Waals surface area contributed by atoms with Crippen molar-refractivity contribution in [1.82, 2.24) is 0 Å². The predicted molar refractivity (Wildman–Crippen MR) is 72.9 cm³/mol. The minimum atomic E-state index is -0.540. The molecule has 2 atom stereocenters. The monoisotopic (exact) mass is 256 g/mol. The molecular weight excluding hydrogens is 236 g/mol. The van der Waals surface area contributed by atoms with E-state index in [-0.39, 0.29) is 5.41 Å². The van der Waals surface area contributed by atoms with Gasteiger partial charge in [0.2, 0.25) is 0 Å². The van der Waals surface area contributed by atoms with Crippen LogP contribution < -0.4 is 0 Å². The van der Waals surface area contributed by atoms with Crippen LogP contribution in [0.2, 0.25) is 0 Å². The van der Waals surface area contributed by atoms with Gasteiger partial charge in [0.05, 0.1) is 5.41 Å². The molecule has 0 aliphatic heterocycles. The van der Waals surface area contributed by atoms with Crippen molar-refractivity contribution in [3.05, 3.63) is 35.9 Å². The fourth-order valence-electron chi connectivity index (χ4n) is 5.64. The molecule has 4 aliphatic carbocycles. The summed E-state index contributed by atoms with van der Waals surface area (Å²) < 4.78 is 0. The molecular formula is C17H20O2. The Bertz CT molecular complexity index is 505. The number of carbonyl (C=O) groups is 1. The minimum Gasteiger partial charge on any atom is -0.481 e. The van der Waals surface area contributed by atoms with E-state index in [0.29, 0.717) is 11.8 Å². The quantitative estimate of drug-likeness (QED) is 0.877. The maximum absolute atomic E-state index is 11.8. The molecule has 4 fully saturated rings. The predicted octanol–water partition coefficient (Wildman–Crippen LogP) is 3.61. The Balaban J connectivity index is 1.80. The molecule has 0 heterocycles. The number of aliphatic carboxylic acids is 1. The van der Waals surface area contributed by atoms with Crippen LogP contribution in [0, 0.1) is 17.3 Å². The van der Waals surface area contributed by atoms with Crippen molar-refractivity contribution in [3.63, 3.8) is 0 Å². The summed E-state index contributed by atoms with van der Waals surface area (Å²) in [5.41, 5.74) is 1.12. The molecule has 100 valence electrons. The van der Waals surface area contributed by atoms with Crippen LogP contribution in [0.15, 0.2) is 30.3 Å². The number of carboxylic acid groups (broad SMARTS) is 1. The summed E-state index contributed by atoms with van der Waals surface area (Å²) >= 11 is 0. The highest BCUT2D eigenvalue weighted by Crippen LogP contribution is 2.65. The van der Waals surface area contributed by atoms with Gasteiger partial charge >= 0.3 is 5.97 Å². The van der Waals surface area contributed by atoms with Gasteiger partial charge in [-0.15, -0.1) is 0 Å². The Labute approximate surface area is 113 Å². The summed E-state index contributed by atoms with van der Waals surface area (Å²) in [6, 6.07) is 10.7. The van der Waals surface area contributed by atoms with Crippen LogP contribution in [0.25, 0.3) is 0 Å². The summed E-state index contributed by atoms with van der Waals surface area (Å²) in [6.07, 6.45) is 6.40. The fourth-order valence-corrected chi connectivity index (χ4v) is 5.64. The molecule has 0 spiro atoms. The van der Waals surface area contributed by atoms with E-state index < -0.39 is 11.4 Å². The lowest BCUT2D eigenvalue weighted by atomic mass is 9.43. The molecule has 0 radical (unpaired) electrons. The van der Waals surface area contributed by atoms with Crippen molar-refractivity contribution in [2.75, 3.05) is 0 Å². The zero-order valence-electron chi connectivity index (χ0n) is 11.1. The van der Waals surface area contributed by atoms with E-state index in [2.05, 4.69) is 30.3 Å². The molecule has 0 aromatic heterocycles. The molecule has 2 heteroatoms. The Kier molecular flexibility index (Phi) is 2.19. The topological polar surface area (TPSA) is 37.3 Å². The Morgan fingerprint density at radius 1 is 1.05 bits per heavy atom. The Morgan fingerprint density at radius 3 is 2.26 bits per heavy atom. The van der Waals surface area contributed by atoms with Gasteiger partial charge < -0.3 is 5.11 Å². The summed E-state index contributed by atoms with van der Waals surface area (Å²) in [6.45, 7) is 0. The van der Waals surface area contributed by atoms with Gasteiger partial charge in [-0.05, 0) is 61.3 Å². The molecule has 0 amide bonds. The van der Waals surface area contributed by atoms with E-state index in [1.165, 1.54) is 24.8 Å². The van der Waals surface area contributed by atoms with Crippen molar-refractivity contribution >= 4 is 5.97 Å². The second-order valence-corrected chi connectivity index (χ2v) is 7.19. The zero-order chi connectivity index (χ0) is 13.1. The lowest BCUT2D eigenvalue weighted by Crippen LogP contribution is -2.56. The van der Waals surface area contributed by atoms with Crippen molar-refractivity contribution in [2.24, 2.45) is 17.3 Å². The van der Waals surface area contributed by atoms with Crippen LogP contribution in [0.5, 0.6) is 0 Å². The summed E-state index contributed by atoms with van der Waals surface area (Å²) in [5.74, 6) is 0.733. The van der Waals surface area contributed by atoms with E-state index in [4.69, 9.17) is 0 Å². The van der Waals surface area contributed by atoms with Gasteiger partial charge in [0.1, 0.15) is 0 Å². The van der Waals surface area contributed by atoms with E-state index in [1.807, 2.05) is 0 Å². The van der Waals surface area contributed by atoms with E-state index in [9.17, 15) is 9.90 Å². The first-order valence-electron chi connectivity index (χ1n) is 7.41. The largest absolute Gasteiger partial charge is 0.481 e. The molecule has 4 bridgehead atoms. The third kappa shape index (κ3) is 1.52. The van der Waals surface area contributed by atoms with Crippen molar-refractivity contribution in [3.8, 4) is 0 Å². The first-order valence-corrected chi connectivity index (χ1v) is 7.41. The molecule has 1 aromatic carbocycles. The van der Waals surface area contributed by atoms with E-state index in [1.54, 1.807) is 0 Å². The Hall–Kier alpha value is -1.31. The second kappa shape index (κ2) is 3.62. The highest BCUT2D eigenvalue weighted by atomic mass is 16.4. The van der Waals surface area contributed by atoms with Crippen LogP contribution in [0.1, 0.15) is 44.1 Å². The van der Waals surface area contributed by atoms with Gasteiger partial charge in [0.25, 0.3) is 0 Å². The van der Waals surface area contributed by atoms with Crippen LogP contribution in [0.3, 0.4) is 0 Å². The van der Waals surface area contributed by atoms with Gasteiger partial charge in [-0.2, -0.15) is 0 Å². The molecule has 1 N–H and O–H groups in total. The summed E-state index contributed by atoms with van der Waals surface area (Å²) in [7, 11) is 0. The third-order valence-corrected chi connectivity index (χ3v) is 5.90. The molecule has 0 unspecified atom stereocenters. The molecule has 0 saturated heterocycles. The highest BCUT2D eigenvalue weighted by molar-refractivity contribution is 5.76. The van der Waals surface area contributed by atoms with Gasteiger partial charge in [-0.1, -0.05) is 30.3 Å². The van der Waals surface area contributed by atoms with Crippen LogP contribution in [-0.2, 0) is 10.2 Å². The van der Waals surface area contributed by atoms with E-state index in [0.717, 1.165) is 19.3 Å². The average Bonchev–Trinajstić information content (AvgIpc) is 2.38. The highest BCUT2D eigenvalue weighted by Gasteiger charge is 2.61. The summed E-state index contributed by atoms with van der Waals surface area (Å²) in [5, 5.41) is 9.74. The number of carboxylic acids is 1. The number of rotatable bonds is 2. The summed E-state index contributed by atoms with van der Waals surface area (Å²) in [4.78, 5) is 11.8. The number of benzene rings is 1. The standard InChI is InChI=1S/C17H20O2/c18-15(19)17-9-12-6-13(10-17)8-16(7-12,11-17)14-4-2-1-3-5-14/h1-5,12-13H,6-11H2,(H,18,19)/t12-,13-,16?,17?/m1/s1. The van der Waals surface area contributed by atoms with Crippen molar-refractivity contribution in [1.29, 1.82) is 0 Å². The lowest BCUT2D eigenvalue weighted by molar-refractivity contribution is -0.167. The van der Waals surface area contributed by atoms with Gasteiger partial charge in [-0.3, -0.25) is 4.79 Å². The average molecular weight is 256 g/mol. The molecule has 2 nitrogen and oxygen atoms in total. The minimum absolute atomic E-state index is 0.156. The molecule has 4 aliphatic rings. The fraction of sp³-hybridized carbons (Fsp3) is 0.588. The van der Waals surface area contributed by atoms with Crippen molar-refractivity contribution < 1.29 is 9.90 Å². The molecule has 19 heavy (non-hydrogen) atoms.